The first-order valence-electron chi connectivity index (χ1n) is 12.8. The van der Waals surface area contributed by atoms with Crippen LogP contribution >= 0.6 is 0 Å². The molecule has 0 radical (unpaired) electrons. The zero-order valence-corrected chi connectivity index (χ0v) is 20.5. The summed E-state index contributed by atoms with van der Waals surface area (Å²) < 4.78 is 16.6. The van der Waals surface area contributed by atoms with Gasteiger partial charge in [-0.3, -0.25) is 4.79 Å². The zero-order valence-electron chi connectivity index (χ0n) is 20.5. The van der Waals surface area contributed by atoms with E-state index in [4.69, 9.17) is 13.9 Å². The van der Waals surface area contributed by atoms with Gasteiger partial charge in [0.05, 0.1) is 12.4 Å². The van der Waals surface area contributed by atoms with Gasteiger partial charge in [-0.15, -0.1) is 0 Å². The van der Waals surface area contributed by atoms with Crippen LogP contribution in [0.25, 0.3) is 0 Å². The lowest BCUT2D eigenvalue weighted by Crippen LogP contribution is -2.52. The van der Waals surface area contributed by atoms with E-state index in [1.165, 1.54) is 44.6 Å². The fourth-order valence-electron chi connectivity index (χ4n) is 8.28. The maximum atomic E-state index is 11.5. The van der Waals surface area contributed by atoms with Gasteiger partial charge in [0, 0.05) is 13.0 Å². The highest BCUT2D eigenvalue weighted by Crippen LogP contribution is 2.67. The summed E-state index contributed by atoms with van der Waals surface area (Å²) in [5, 5.41) is 0. The van der Waals surface area contributed by atoms with Crippen LogP contribution in [0.5, 0.6) is 0 Å². The molecule has 3 fully saturated rings. The van der Waals surface area contributed by atoms with Crippen molar-refractivity contribution in [3.05, 3.63) is 46.0 Å². The Morgan fingerprint density at radius 1 is 1.15 bits per heavy atom. The van der Waals surface area contributed by atoms with E-state index in [0.29, 0.717) is 23.2 Å². The Morgan fingerprint density at radius 2 is 1.97 bits per heavy atom. The molecule has 0 N–H and O–H groups in total. The van der Waals surface area contributed by atoms with Crippen LogP contribution in [0.1, 0.15) is 90.5 Å². The second-order valence-electron chi connectivity index (χ2n) is 11.5. The molecule has 5 nitrogen and oxygen atoms in total. The number of carbonyl (C=O) groups is 1. The highest BCUT2D eigenvalue weighted by Gasteiger charge is 2.57. The summed E-state index contributed by atoms with van der Waals surface area (Å²) in [5.74, 6) is 2.20. The van der Waals surface area contributed by atoms with Crippen LogP contribution in [-0.2, 0) is 14.3 Å². The van der Waals surface area contributed by atoms with Gasteiger partial charge in [-0.05, 0) is 104 Å². The fraction of sp³-hybridized carbons (Fsp3) is 0.714. The molecule has 1 aromatic rings. The lowest BCUT2D eigenvalue weighted by molar-refractivity contribution is -0.195. The van der Waals surface area contributed by atoms with Crippen molar-refractivity contribution in [3.8, 4) is 0 Å². The summed E-state index contributed by atoms with van der Waals surface area (Å²) in [6.45, 7) is 8.26. The molecule has 5 heteroatoms. The van der Waals surface area contributed by atoms with E-state index in [2.05, 4.69) is 19.9 Å². The van der Waals surface area contributed by atoms with Crippen LogP contribution in [0, 0.1) is 28.6 Å². The highest BCUT2D eigenvalue weighted by molar-refractivity contribution is 5.65. The van der Waals surface area contributed by atoms with Crippen molar-refractivity contribution in [1.29, 1.82) is 0 Å². The summed E-state index contributed by atoms with van der Waals surface area (Å²) in [6.07, 6.45) is 13.3. The van der Waals surface area contributed by atoms with Gasteiger partial charge in [-0.25, -0.2) is 4.79 Å². The molecule has 33 heavy (non-hydrogen) atoms. The summed E-state index contributed by atoms with van der Waals surface area (Å²) >= 11 is 0. The topological polar surface area (TPSA) is 65.7 Å². The zero-order chi connectivity index (χ0) is 23.4. The van der Waals surface area contributed by atoms with Crippen molar-refractivity contribution >= 4 is 5.97 Å². The number of carbonyl (C=O) groups excluding carboxylic acids is 1. The second kappa shape index (κ2) is 8.41. The quantitative estimate of drug-likeness (QED) is 0.318. The van der Waals surface area contributed by atoms with Crippen molar-refractivity contribution in [3.63, 3.8) is 0 Å². The number of fused-ring (bicyclic) bond motifs is 5. The average molecular weight is 455 g/mol. The second-order valence-corrected chi connectivity index (χ2v) is 11.5. The Labute approximate surface area is 196 Å². The Kier molecular flexibility index (Phi) is 5.83. The van der Waals surface area contributed by atoms with E-state index in [1.807, 2.05) is 13.0 Å². The third-order valence-electron chi connectivity index (χ3n) is 9.86. The van der Waals surface area contributed by atoms with Crippen molar-refractivity contribution in [1.82, 2.24) is 0 Å². The Bertz CT molecular complexity index is 974. The molecule has 4 aliphatic rings. The number of esters is 1. The molecule has 1 heterocycles. The Morgan fingerprint density at radius 3 is 2.70 bits per heavy atom. The maximum absolute atomic E-state index is 11.5. The molecule has 4 aliphatic carbocycles. The molecule has 0 amide bonds. The van der Waals surface area contributed by atoms with E-state index in [0.717, 1.165) is 25.2 Å². The van der Waals surface area contributed by atoms with Crippen LogP contribution in [0.4, 0.5) is 0 Å². The van der Waals surface area contributed by atoms with E-state index in [9.17, 15) is 9.59 Å². The molecule has 0 spiro atoms. The Balaban J connectivity index is 1.30. The molecule has 0 saturated heterocycles. The number of rotatable bonds is 4. The molecular formula is C28H38O5. The molecule has 180 valence electrons. The Hall–Kier alpha value is -1.88. The third-order valence-corrected chi connectivity index (χ3v) is 9.86. The summed E-state index contributed by atoms with van der Waals surface area (Å²) in [5.41, 5.74) is 3.10. The minimum Gasteiger partial charge on any atom is -0.436 e. The molecule has 5 rings (SSSR count). The molecular weight excluding hydrogens is 416 g/mol. The first kappa shape index (κ1) is 22.9. The highest BCUT2D eigenvalue weighted by atomic mass is 16.7. The summed E-state index contributed by atoms with van der Waals surface area (Å²) in [4.78, 5) is 22.7. The standard InChI is InChI=1S/C28H38O5/c1-17(29)32-18(2)33-21-11-13-27(3)20(15-21)6-7-22-24-9-8-23(19-5-10-26(30)31-16-19)28(24,4)14-12-25(22)27/h5,9-10,16,18,20-23,25H,6-8,11-15H2,1-4H3/t18?,20-,21+,22+,23-,25+,27+,28-/m1/s1. The molecule has 0 bridgehead atoms. The van der Waals surface area contributed by atoms with E-state index >= 15 is 0 Å². The number of ether oxygens (including phenoxy) is 2. The lowest BCUT2D eigenvalue weighted by Gasteiger charge is -2.59. The van der Waals surface area contributed by atoms with Crippen molar-refractivity contribution in [2.75, 3.05) is 0 Å². The van der Waals surface area contributed by atoms with Crippen LogP contribution < -0.4 is 5.63 Å². The van der Waals surface area contributed by atoms with Gasteiger partial charge in [-0.1, -0.05) is 25.5 Å². The summed E-state index contributed by atoms with van der Waals surface area (Å²) in [7, 11) is 0. The number of hydrogen-bond donors (Lipinski definition) is 0. The van der Waals surface area contributed by atoms with Crippen LogP contribution in [0.3, 0.4) is 0 Å². The largest absolute Gasteiger partial charge is 0.436 e. The molecule has 0 aliphatic heterocycles. The van der Waals surface area contributed by atoms with E-state index < -0.39 is 6.29 Å². The van der Waals surface area contributed by atoms with E-state index in [-0.39, 0.29) is 23.1 Å². The van der Waals surface area contributed by atoms with Gasteiger partial charge < -0.3 is 13.9 Å². The summed E-state index contributed by atoms with van der Waals surface area (Å²) in [6, 6.07) is 3.54. The smallest absolute Gasteiger partial charge is 0.335 e. The normalized spacial score (nSPS) is 40.7. The van der Waals surface area contributed by atoms with Gasteiger partial charge in [0.25, 0.3) is 0 Å². The van der Waals surface area contributed by atoms with Crippen LogP contribution in [-0.4, -0.2) is 18.4 Å². The first-order chi connectivity index (χ1) is 15.7. The minimum atomic E-state index is -0.466. The SMILES string of the molecule is CC(=O)OC(C)O[C@H]1CC[C@@]2(C)[C@H](CC[C@H]3C4=CC[C@H](c5ccc(=O)oc5)[C@@]4(C)CC[C@@H]32)C1. The molecule has 3 saturated carbocycles. The lowest BCUT2D eigenvalue weighted by atomic mass is 9.46. The van der Waals surface area contributed by atoms with Gasteiger partial charge in [0.2, 0.25) is 0 Å². The monoisotopic (exact) mass is 454 g/mol. The van der Waals surface area contributed by atoms with Crippen LogP contribution in [0.15, 0.2) is 39.3 Å². The molecule has 1 unspecified atom stereocenters. The van der Waals surface area contributed by atoms with Crippen LogP contribution in [0.2, 0.25) is 0 Å². The average Bonchev–Trinajstić information content (AvgIpc) is 3.11. The molecule has 0 aromatic carbocycles. The van der Waals surface area contributed by atoms with Crippen molar-refractivity contribution in [2.45, 2.75) is 97.4 Å². The minimum absolute atomic E-state index is 0.171. The molecule has 1 aromatic heterocycles. The predicted molar refractivity (Wildman–Crippen MR) is 126 cm³/mol. The predicted octanol–water partition coefficient (Wildman–Crippen LogP) is 5.98. The molecule has 8 atom stereocenters. The van der Waals surface area contributed by atoms with Crippen molar-refractivity contribution < 1.29 is 18.7 Å². The van der Waals surface area contributed by atoms with Gasteiger partial charge in [0.15, 0.2) is 6.29 Å². The number of allylic oxidation sites excluding steroid dienone is 2. The van der Waals surface area contributed by atoms with Gasteiger partial charge in [0.1, 0.15) is 0 Å². The van der Waals surface area contributed by atoms with Crippen molar-refractivity contribution in [2.24, 2.45) is 28.6 Å². The van der Waals surface area contributed by atoms with Gasteiger partial charge >= 0.3 is 11.6 Å². The van der Waals surface area contributed by atoms with Gasteiger partial charge in [-0.2, -0.15) is 0 Å². The number of hydrogen-bond acceptors (Lipinski definition) is 5. The first-order valence-corrected chi connectivity index (χ1v) is 12.8. The van der Waals surface area contributed by atoms with E-state index in [1.54, 1.807) is 17.9 Å². The third kappa shape index (κ3) is 3.90. The fourth-order valence-corrected chi connectivity index (χ4v) is 8.28. The maximum Gasteiger partial charge on any atom is 0.335 e.